The van der Waals surface area contributed by atoms with Gasteiger partial charge in [0.05, 0.1) is 13.2 Å². The van der Waals surface area contributed by atoms with Gasteiger partial charge in [-0.1, -0.05) is 18.2 Å². The fourth-order valence-corrected chi connectivity index (χ4v) is 3.12. The number of para-hydroxylation sites is 1. The molecule has 1 aliphatic heterocycles. The Kier molecular flexibility index (Phi) is 5.03. The van der Waals surface area contributed by atoms with E-state index < -0.39 is 9.04 Å². The van der Waals surface area contributed by atoms with Gasteiger partial charge in [-0.05, 0) is 31.1 Å². The van der Waals surface area contributed by atoms with E-state index in [1.807, 2.05) is 30.3 Å². The van der Waals surface area contributed by atoms with Crippen LogP contribution in [0.1, 0.15) is 6.42 Å². The fraction of sp³-hybridized carbons (Fsp3) is 0.538. The monoisotopic (exact) mass is 252 g/mol. The second kappa shape index (κ2) is 6.79. The average molecular weight is 252 g/mol. The SMILES string of the molecule is C[SiH](CCCOCC1CO1)Oc1ccccc1. The Morgan fingerprint density at radius 1 is 1.35 bits per heavy atom. The number of hydrogen-bond acceptors (Lipinski definition) is 3. The van der Waals surface area contributed by atoms with Gasteiger partial charge in [0.2, 0.25) is 9.04 Å². The molecule has 1 aromatic rings. The summed E-state index contributed by atoms with van der Waals surface area (Å²) >= 11 is 0. The fourth-order valence-electron chi connectivity index (χ4n) is 1.64. The minimum atomic E-state index is -1.09. The molecule has 1 heterocycles. The van der Waals surface area contributed by atoms with Crippen molar-refractivity contribution >= 4 is 9.04 Å². The van der Waals surface area contributed by atoms with Crippen molar-refractivity contribution in [1.82, 2.24) is 0 Å². The highest BCUT2D eigenvalue weighted by molar-refractivity contribution is 6.51. The Hall–Kier alpha value is -0.843. The van der Waals surface area contributed by atoms with E-state index in [1.165, 1.54) is 0 Å². The van der Waals surface area contributed by atoms with Crippen molar-refractivity contribution in [2.45, 2.75) is 25.1 Å². The third kappa shape index (κ3) is 5.34. The van der Waals surface area contributed by atoms with Gasteiger partial charge in [-0.2, -0.15) is 0 Å². The molecule has 0 bridgehead atoms. The third-order valence-corrected chi connectivity index (χ3v) is 4.58. The summed E-state index contributed by atoms with van der Waals surface area (Å²) in [6, 6.07) is 11.2. The van der Waals surface area contributed by atoms with Crippen LogP contribution in [-0.2, 0) is 9.47 Å². The van der Waals surface area contributed by atoms with Crippen molar-refractivity contribution < 1.29 is 13.9 Å². The molecule has 17 heavy (non-hydrogen) atoms. The van der Waals surface area contributed by atoms with Gasteiger partial charge in [-0.25, -0.2) is 0 Å². The Morgan fingerprint density at radius 2 is 2.12 bits per heavy atom. The number of hydrogen-bond donors (Lipinski definition) is 0. The van der Waals surface area contributed by atoms with E-state index in [1.54, 1.807) is 0 Å². The normalized spacial score (nSPS) is 19.9. The molecule has 0 spiro atoms. The summed E-state index contributed by atoms with van der Waals surface area (Å²) in [4.78, 5) is 0. The van der Waals surface area contributed by atoms with E-state index >= 15 is 0 Å². The molecule has 0 amide bonds. The van der Waals surface area contributed by atoms with Crippen molar-refractivity contribution in [2.24, 2.45) is 0 Å². The van der Waals surface area contributed by atoms with Crippen LogP contribution in [0.4, 0.5) is 0 Å². The molecule has 4 heteroatoms. The molecular formula is C13H20O3Si. The maximum Gasteiger partial charge on any atom is 0.232 e. The first kappa shape index (κ1) is 12.6. The highest BCUT2D eigenvalue weighted by Gasteiger charge is 2.22. The lowest BCUT2D eigenvalue weighted by atomic mass is 10.3. The maximum atomic E-state index is 5.91. The minimum absolute atomic E-state index is 0.380. The second-order valence-electron chi connectivity index (χ2n) is 4.41. The molecule has 0 saturated carbocycles. The van der Waals surface area contributed by atoms with Crippen LogP contribution in [-0.4, -0.2) is 35.0 Å². The van der Waals surface area contributed by atoms with Crippen LogP contribution in [0.5, 0.6) is 5.75 Å². The van der Waals surface area contributed by atoms with Crippen LogP contribution >= 0.6 is 0 Å². The zero-order chi connectivity index (χ0) is 11.9. The molecule has 0 aromatic heterocycles. The van der Waals surface area contributed by atoms with Crippen molar-refractivity contribution in [3.8, 4) is 5.75 Å². The van der Waals surface area contributed by atoms with Crippen molar-refractivity contribution in [3.05, 3.63) is 30.3 Å². The largest absolute Gasteiger partial charge is 0.547 e. The Bertz CT molecular complexity index is 314. The van der Waals surface area contributed by atoms with Gasteiger partial charge in [0, 0.05) is 6.61 Å². The number of rotatable bonds is 8. The van der Waals surface area contributed by atoms with Gasteiger partial charge in [0.1, 0.15) is 11.9 Å². The van der Waals surface area contributed by atoms with Crippen LogP contribution in [0.2, 0.25) is 12.6 Å². The van der Waals surface area contributed by atoms with E-state index in [0.717, 1.165) is 38.0 Å². The Balaban J connectivity index is 1.52. The predicted molar refractivity (Wildman–Crippen MR) is 70.1 cm³/mol. The zero-order valence-corrected chi connectivity index (χ0v) is 11.5. The summed E-state index contributed by atoms with van der Waals surface area (Å²) in [5.41, 5.74) is 0. The highest BCUT2D eigenvalue weighted by atomic mass is 28.3. The first-order valence-corrected chi connectivity index (χ1v) is 8.70. The highest BCUT2D eigenvalue weighted by Crippen LogP contribution is 2.12. The van der Waals surface area contributed by atoms with Crippen LogP contribution in [0.15, 0.2) is 30.3 Å². The summed E-state index contributed by atoms with van der Waals surface area (Å²) in [6.45, 7) is 4.70. The van der Waals surface area contributed by atoms with E-state index in [9.17, 15) is 0 Å². The Morgan fingerprint density at radius 3 is 2.82 bits per heavy atom. The molecule has 1 aromatic carbocycles. The summed E-state index contributed by atoms with van der Waals surface area (Å²) in [7, 11) is -1.09. The first-order valence-electron chi connectivity index (χ1n) is 6.25. The van der Waals surface area contributed by atoms with Gasteiger partial charge < -0.3 is 13.9 Å². The molecule has 1 saturated heterocycles. The lowest BCUT2D eigenvalue weighted by Crippen LogP contribution is -2.17. The number of benzene rings is 1. The van der Waals surface area contributed by atoms with Gasteiger partial charge in [0.15, 0.2) is 0 Å². The molecule has 1 aliphatic rings. The zero-order valence-electron chi connectivity index (χ0n) is 10.3. The predicted octanol–water partition coefficient (Wildman–Crippen LogP) is 2.22. The molecule has 0 aliphatic carbocycles. The molecule has 3 nitrogen and oxygen atoms in total. The van der Waals surface area contributed by atoms with Gasteiger partial charge in [-0.3, -0.25) is 0 Å². The maximum absolute atomic E-state index is 5.91. The summed E-state index contributed by atoms with van der Waals surface area (Å²) in [5.74, 6) is 0.999. The Labute approximate surface area is 104 Å². The van der Waals surface area contributed by atoms with Crippen LogP contribution in [0.25, 0.3) is 0 Å². The first-order chi connectivity index (χ1) is 8.34. The number of epoxide rings is 1. The van der Waals surface area contributed by atoms with Crippen molar-refractivity contribution in [3.63, 3.8) is 0 Å². The van der Waals surface area contributed by atoms with Gasteiger partial charge >= 0.3 is 0 Å². The molecule has 2 unspecified atom stereocenters. The summed E-state index contributed by atoms with van der Waals surface area (Å²) < 4.78 is 16.5. The topological polar surface area (TPSA) is 31.0 Å². The lowest BCUT2D eigenvalue weighted by molar-refractivity contribution is 0.117. The van der Waals surface area contributed by atoms with Gasteiger partial charge in [-0.15, -0.1) is 0 Å². The second-order valence-corrected chi connectivity index (χ2v) is 6.85. The van der Waals surface area contributed by atoms with E-state index in [2.05, 4.69) is 6.55 Å². The number of ether oxygens (including phenoxy) is 2. The van der Waals surface area contributed by atoms with E-state index in [-0.39, 0.29) is 0 Å². The van der Waals surface area contributed by atoms with Crippen LogP contribution in [0.3, 0.4) is 0 Å². The molecular weight excluding hydrogens is 232 g/mol. The smallest absolute Gasteiger partial charge is 0.232 e. The van der Waals surface area contributed by atoms with Crippen LogP contribution in [0, 0.1) is 0 Å². The summed E-state index contributed by atoms with van der Waals surface area (Å²) in [5, 5.41) is 0. The quantitative estimate of drug-likeness (QED) is 0.404. The summed E-state index contributed by atoms with van der Waals surface area (Å²) in [6.07, 6.45) is 1.47. The minimum Gasteiger partial charge on any atom is -0.547 e. The molecule has 2 atom stereocenters. The molecule has 0 N–H and O–H groups in total. The van der Waals surface area contributed by atoms with Crippen LogP contribution < -0.4 is 4.43 Å². The van der Waals surface area contributed by atoms with Gasteiger partial charge in [0.25, 0.3) is 0 Å². The van der Waals surface area contributed by atoms with Crippen molar-refractivity contribution in [2.75, 3.05) is 19.8 Å². The molecule has 2 rings (SSSR count). The average Bonchev–Trinajstić information content (AvgIpc) is 3.14. The molecule has 1 fully saturated rings. The van der Waals surface area contributed by atoms with E-state index in [0.29, 0.717) is 6.10 Å². The standard InChI is InChI=1S/C13H20O3Si/c1-17(16-12-6-3-2-4-7-12)9-5-8-14-10-13-11-15-13/h2-4,6-7,13,17H,5,8-11H2,1H3. The molecule has 94 valence electrons. The van der Waals surface area contributed by atoms with Crippen molar-refractivity contribution in [1.29, 1.82) is 0 Å². The molecule has 0 radical (unpaired) electrons. The third-order valence-electron chi connectivity index (χ3n) is 2.69. The van der Waals surface area contributed by atoms with E-state index in [4.69, 9.17) is 13.9 Å². The lowest BCUT2D eigenvalue weighted by Gasteiger charge is -2.13.